The molecule has 0 aliphatic rings. The Kier molecular flexibility index (Phi) is 6.00. The number of benzene rings is 2. The zero-order chi connectivity index (χ0) is 18.4. The Hall–Kier alpha value is -3.02. The Labute approximate surface area is 146 Å². The van der Waals surface area contributed by atoms with Crippen LogP contribution < -0.4 is 10.2 Å². The van der Waals surface area contributed by atoms with E-state index in [4.69, 9.17) is 4.74 Å². The molecule has 0 unspecified atom stereocenters. The summed E-state index contributed by atoms with van der Waals surface area (Å²) < 4.78 is 5.62. The third-order valence-corrected chi connectivity index (χ3v) is 3.55. The lowest BCUT2D eigenvalue weighted by Crippen LogP contribution is -2.25. The zero-order valence-electron chi connectivity index (χ0n) is 14.5. The lowest BCUT2D eigenvalue weighted by atomic mass is 10.0. The van der Waals surface area contributed by atoms with Gasteiger partial charge in [0.25, 0.3) is 5.91 Å². The molecule has 6 heteroatoms. The van der Waals surface area contributed by atoms with Gasteiger partial charge >= 0.3 is 0 Å². The Balaban J connectivity index is 1.92. The molecule has 0 spiro atoms. The van der Waals surface area contributed by atoms with Gasteiger partial charge < -0.3 is 14.9 Å². The predicted octanol–water partition coefficient (Wildman–Crippen LogP) is 3.06. The average molecular weight is 342 g/mol. The van der Waals surface area contributed by atoms with Crippen LogP contribution in [-0.2, 0) is 4.79 Å². The molecule has 0 atom stereocenters. The standard InChI is InChI=1S/C19H22N2O4/c1-12(2)15-6-4-13(3)8-18(15)25-11-19(24)21-20-10-14-5-7-16(22)17(23)9-14/h4-10,12,22-23H,11H2,1-3H3,(H,21,24)/b20-10-. The molecule has 0 aromatic heterocycles. The largest absolute Gasteiger partial charge is 0.504 e. The number of aryl methyl sites for hydroxylation is 1. The van der Waals surface area contributed by atoms with Crippen LogP contribution >= 0.6 is 0 Å². The second-order valence-corrected chi connectivity index (χ2v) is 6.03. The molecule has 0 radical (unpaired) electrons. The van der Waals surface area contributed by atoms with Crippen LogP contribution in [0.4, 0.5) is 0 Å². The molecule has 0 heterocycles. The van der Waals surface area contributed by atoms with Crippen LogP contribution in [0.25, 0.3) is 0 Å². The van der Waals surface area contributed by atoms with E-state index in [1.807, 2.05) is 25.1 Å². The number of ether oxygens (including phenoxy) is 1. The van der Waals surface area contributed by atoms with Gasteiger partial charge in [-0.3, -0.25) is 4.79 Å². The lowest BCUT2D eigenvalue weighted by Gasteiger charge is -2.14. The van der Waals surface area contributed by atoms with Crippen molar-refractivity contribution in [2.75, 3.05) is 6.61 Å². The van der Waals surface area contributed by atoms with E-state index in [9.17, 15) is 15.0 Å². The summed E-state index contributed by atoms with van der Waals surface area (Å²) in [5.74, 6) is 0.125. The van der Waals surface area contributed by atoms with E-state index in [0.717, 1.165) is 11.1 Å². The normalized spacial score (nSPS) is 11.0. The first-order chi connectivity index (χ1) is 11.9. The van der Waals surface area contributed by atoms with Gasteiger partial charge in [-0.1, -0.05) is 26.0 Å². The van der Waals surface area contributed by atoms with Crippen molar-refractivity contribution in [3.05, 3.63) is 53.1 Å². The van der Waals surface area contributed by atoms with Crippen LogP contribution in [0.15, 0.2) is 41.5 Å². The molecular weight excluding hydrogens is 320 g/mol. The third-order valence-electron chi connectivity index (χ3n) is 3.55. The van der Waals surface area contributed by atoms with Crippen molar-refractivity contribution in [3.63, 3.8) is 0 Å². The van der Waals surface area contributed by atoms with Gasteiger partial charge in [-0.2, -0.15) is 5.10 Å². The van der Waals surface area contributed by atoms with Crippen molar-refractivity contribution in [1.29, 1.82) is 0 Å². The smallest absolute Gasteiger partial charge is 0.277 e. The summed E-state index contributed by atoms with van der Waals surface area (Å²) >= 11 is 0. The molecule has 2 rings (SSSR count). The average Bonchev–Trinajstić information content (AvgIpc) is 2.56. The van der Waals surface area contributed by atoms with Crippen molar-refractivity contribution in [3.8, 4) is 17.2 Å². The van der Waals surface area contributed by atoms with Crippen molar-refractivity contribution < 1.29 is 19.7 Å². The van der Waals surface area contributed by atoms with Crippen LogP contribution in [-0.4, -0.2) is 28.9 Å². The van der Waals surface area contributed by atoms with Gasteiger partial charge in [-0.15, -0.1) is 0 Å². The number of phenolic OH excluding ortho intramolecular Hbond substituents is 2. The molecule has 0 saturated heterocycles. The summed E-state index contributed by atoms with van der Waals surface area (Å²) in [6.45, 7) is 5.94. The Morgan fingerprint density at radius 2 is 1.96 bits per heavy atom. The second-order valence-electron chi connectivity index (χ2n) is 6.03. The van der Waals surface area contributed by atoms with E-state index >= 15 is 0 Å². The number of hydrazone groups is 1. The summed E-state index contributed by atoms with van der Waals surface area (Å²) in [6.07, 6.45) is 1.36. The Morgan fingerprint density at radius 3 is 2.64 bits per heavy atom. The first kappa shape index (κ1) is 18.3. The van der Waals surface area contributed by atoms with E-state index in [1.54, 1.807) is 6.07 Å². The second kappa shape index (κ2) is 8.19. The maximum Gasteiger partial charge on any atom is 0.277 e. The van der Waals surface area contributed by atoms with Gasteiger partial charge in [0.1, 0.15) is 5.75 Å². The number of carbonyl (C=O) groups is 1. The van der Waals surface area contributed by atoms with Gasteiger partial charge in [0.05, 0.1) is 6.21 Å². The molecule has 0 aliphatic carbocycles. The number of phenols is 2. The van der Waals surface area contributed by atoms with Crippen molar-refractivity contribution in [2.24, 2.45) is 5.10 Å². The molecule has 0 saturated carbocycles. The highest BCUT2D eigenvalue weighted by atomic mass is 16.5. The number of hydrogen-bond acceptors (Lipinski definition) is 5. The molecule has 0 aliphatic heterocycles. The third kappa shape index (κ3) is 5.24. The number of hydrogen-bond donors (Lipinski definition) is 3. The molecule has 25 heavy (non-hydrogen) atoms. The molecule has 6 nitrogen and oxygen atoms in total. The number of amides is 1. The SMILES string of the molecule is Cc1ccc(C(C)C)c(OCC(=O)N/N=C\c2ccc(O)c(O)c2)c1. The van der Waals surface area contributed by atoms with Crippen molar-refractivity contribution >= 4 is 12.1 Å². The van der Waals surface area contributed by atoms with Crippen LogP contribution in [0.1, 0.15) is 36.5 Å². The predicted molar refractivity (Wildman–Crippen MR) is 96.3 cm³/mol. The van der Waals surface area contributed by atoms with Gasteiger partial charge in [0.2, 0.25) is 0 Å². The molecule has 132 valence electrons. The minimum absolute atomic E-state index is 0.151. The van der Waals surface area contributed by atoms with E-state index < -0.39 is 5.91 Å². The first-order valence-electron chi connectivity index (χ1n) is 7.94. The molecule has 2 aromatic carbocycles. The van der Waals surface area contributed by atoms with Crippen LogP contribution in [0.3, 0.4) is 0 Å². The zero-order valence-corrected chi connectivity index (χ0v) is 14.5. The quantitative estimate of drug-likeness (QED) is 0.427. The maximum absolute atomic E-state index is 11.9. The Bertz CT molecular complexity index is 785. The van der Waals surface area contributed by atoms with E-state index in [2.05, 4.69) is 24.4 Å². The molecule has 0 bridgehead atoms. The minimum Gasteiger partial charge on any atom is -0.504 e. The van der Waals surface area contributed by atoms with Crippen LogP contribution in [0, 0.1) is 6.92 Å². The number of carbonyl (C=O) groups excluding carboxylic acids is 1. The fraction of sp³-hybridized carbons (Fsp3) is 0.263. The maximum atomic E-state index is 11.9. The van der Waals surface area contributed by atoms with Gasteiger partial charge in [-0.25, -0.2) is 5.43 Å². The summed E-state index contributed by atoms with van der Waals surface area (Å²) in [7, 11) is 0. The number of rotatable bonds is 6. The lowest BCUT2D eigenvalue weighted by molar-refractivity contribution is -0.123. The topological polar surface area (TPSA) is 91.2 Å². The van der Waals surface area contributed by atoms with Gasteiger partial charge in [0, 0.05) is 0 Å². The summed E-state index contributed by atoms with van der Waals surface area (Å²) in [6, 6.07) is 10.2. The molecule has 1 amide bonds. The van der Waals surface area contributed by atoms with Crippen molar-refractivity contribution in [2.45, 2.75) is 26.7 Å². The molecular formula is C19H22N2O4. The number of nitrogens with one attached hydrogen (secondary N) is 1. The first-order valence-corrected chi connectivity index (χ1v) is 7.94. The van der Waals surface area contributed by atoms with E-state index in [-0.39, 0.29) is 18.1 Å². The van der Waals surface area contributed by atoms with Crippen molar-refractivity contribution in [1.82, 2.24) is 5.43 Å². The highest BCUT2D eigenvalue weighted by Gasteiger charge is 2.10. The van der Waals surface area contributed by atoms with Crippen LogP contribution in [0.2, 0.25) is 0 Å². The molecule has 0 fully saturated rings. The summed E-state index contributed by atoms with van der Waals surface area (Å²) in [5.41, 5.74) is 5.00. The van der Waals surface area contributed by atoms with E-state index in [1.165, 1.54) is 18.3 Å². The summed E-state index contributed by atoms with van der Waals surface area (Å²) in [4.78, 5) is 11.9. The fourth-order valence-electron chi connectivity index (χ4n) is 2.22. The van der Waals surface area contributed by atoms with E-state index in [0.29, 0.717) is 17.2 Å². The minimum atomic E-state index is -0.393. The van der Waals surface area contributed by atoms with Gasteiger partial charge in [0.15, 0.2) is 18.1 Å². The highest BCUT2D eigenvalue weighted by Crippen LogP contribution is 2.27. The monoisotopic (exact) mass is 342 g/mol. The molecule has 2 aromatic rings. The molecule has 3 N–H and O–H groups in total. The van der Waals surface area contributed by atoms with Crippen LogP contribution in [0.5, 0.6) is 17.2 Å². The highest BCUT2D eigenvalue weighted by molar-refractivity contribution is 5.83. The Morgan fingerprint density at radius 1 is 1.20 bits per heavy atom. The number of nitrogens with zero attached hydrogens (tertiary/aromatic N) is 1. The fourth-order valence-corrected chi connectivity index (χ4v) is 2.22. The summed E-state index contributed by atoms with van der Waals surface area (Å²) in [5, 5.41) is 22.4. The van der Waals surface area contributed by atoms with Gasteiger partial charge in [-0.05, 0) is 53.8 Å². The number of aromatic hydroxyl groups is 2.